The molecule has 0 spiro atoms. The summed E-state index contributed by atoms with van der Waals surface area (Å²) in [5.74, 6) is 0.0746. The first-order chi connectivity index (χ1) is 6.22. The highest BCUT2D eigenvalue weighted by atomic mass is 35.5. The lowest BCUT2D eigenvalue weighted by Gasteiger charge is -2.01. The lowest BCUT2D eigenvalue weighted by atomic mass is 10.6. The van der Waals surface area contributed by atoms with Crippen molar-refractivity contribution >= 4 is 23.3 Å². The monoisotopic (exact) mass is 201 g/mol. The molecule has 70 valence electrons. The van der Waals surface area contributed by atoms with Crippen LogP contribution in [0.1, 0.15) is 0 Å². The molecule has 0 radical (unpaired) electrons. The van der Waals surface area contributed by atoms with Gasteiger partial charge < -0.3 is 10.1 Å². The van der Waals surface area contributed by atoms with Crippen LogP contribution in [0.5, 0.6) is 0 Å². The Balaban J connectivity index is 2.54. The summed E-state index contributed by atoms with van der Waals surface area (Å²) in [6.07, 6.45) is 2.72. The molecule has 0 fully saturated rings. The molecule has 0 saturated carbocycles. The van der Waals surface area contributed by atoms with Gasteiger partial charge >= 0.3 is 0 Å². The molecular formula is C7H8ClN3O2. The minimum absolute atomic E-state index is 0.00962. The quantitative estimate of drug-likeness (QED) is 0.783. The van der Waals surface area contributed by atoms with Gasteiger partial charge in [-0.25, -0.2) is 9.97 Å². The Hall–Kier alpha value is -1.20. The molecule has 1 N–H and O–H groups in total. The number of hydrogen-bond acceptors (Lipinski definition) is 4. The zero-order valence-electron chi connectivity index (χ0n) is 6.95. The average molecular weight is 202 g/mol. The molecule has 1 rings (SSSR count). The Morgan fingerprint density at radius 1 is 1.62 bits per heavy atom. The molecule has 13 heavy (non-hydrogen) atoms. The number of anilines is 1. The van der Waals surface area contributed by atoms with Crippen molar-refractivity contribution in [3.05, 3.63) is 17.5 Å². The summed E-state index contributed by atoms with van der Waals surface area (Å²) in [5.41, 5.74) is 0. The lowest BCUT2D eigenvalue weighted by molar-refractivity contribution is -0.119. The topological polar surface area (TPSA) is 64.1 Å². The second-order valence-corrected chi connectivity index (χ2v) is 2.59. The molecule has 0 aliphatic heterocycles. The van der Waals surface area contributed by atoms with E-state index < -0.39 is 0 Å². The lowest BCUT2D eigenvalue weighted by Crippen LogP contribution is -2.17. The number of nitrogens with one attached hydrogen (secondary N) is 1. The molecule has 6 heteroatoms. The predicted molar refractivity (Wildman–Crippen MR) is 47.5 cm³/mol. The number of hydrogen-bond donors (Lipinski definition) is 1. The zero-order chi connectivity index (χ0) is 9.68. The summed E-state index contributed by atoms with van der Waals surface area (Å²) in [6, 6.07) is 0. The Kier molecular flexibility index (Phi) is 3.60. The van der Waals surface area contributed by atoms with E-state index >= 15 is 0 Å². The second-order valence-electron chi connectivity index (χ2n) is 2.21. The normalized spacial score (nSPS) is 9.69. The molecule has 0 aliphatic rings. The number of methoxy groups -OCH3 is 1. The number of carbonyl (C=O) groups is 1. The third kappa shape index (κ3) is 3.35. The van der Waals surface area contributed by atoms with Crippen LogP contribution in [0.2, 0.25) is 5.15 Å². The standard InChI is InChI=1S/C7H8ClN3O2/c1-13-4-7(12)11-6-3-9-5(8)2-10-6/h2-3H,4H2,1H3,(H,10,11,12). The minimum Gasteiger partial charge on any atom is -0.375 e. The van der Waals surface area contributed by atoms with Crippen LogP contribution in [0.4, 0.5) is 5.82 Å². The molecule has 0 unspecified atom stereocenters. The fraction of sp³-hybridized carbons (Fsp3) is 0.286. The van der Waals surface area contributed by atoms with Crippen LogP contribution >= 0.6 is 11.6 Å². The van der Waals surface area contributed by atoms with E-state index in [2.05, 4.69) is 20.0 Å². The van der Waals surface area contributed by atoms with Crippen molar-refractivity contribution in [2.45, 2.75) is 0 Å². The highest BCUT2D eigenvalue weighted by Crippen LogP contribution is 2.04. The second kappa shape index (κ2) is 4.74. The Morgan fingerprint density at radius 2 is 2.38 bits per heavy atom. The van der Waals surface area contributed by atoms with Crippen LogP contribution in [0.3, 0.4) is 0 Å². The molecule has 1 amide bonds. The molecule has 0 aliphatic carbocycles. The first kappa shape index (κ1) is 9.88. The summed E-state index contributed by atoms with van der Waals surface area (Å²) in [7, 11) is 1.44. The highest BCUT2D eigenvalue weighted by molar-refractivity contribution is 6.29. The summed E-state index contributed by atoms with van der Waals surface area (Å²) in [6.45, 7) is -0.00962. The number of carbonyl (C=O) groups excluding carboxylic acids is 1. The summed E-state index contributed by atoms with van der Waals surface area (Å²) < 4.78 is 4.61. The van der Waals surface area contributed by atoms with Gasteiger partial charge in [-0.3, -0.25) is 4.79 Å². The first-order valence-corrected chi connectivity index (χ1v) is 3.86. The van der Waals surface area contributed by atoms with Gasteiger partial charge in [0.2, 0.25) is 0 Å². The van der Waals surface area contributed by atoms with Gasteiger partial charge in [0.15, 0.2) is 5.82 Å². The van der Waals surface area contributed by atoms with Crippen LogP contribution in [0.25, 0.3) is 0 Å². The smallest absolute Gasteiger partial charge is 0.251 e. The Labute approximate surface area is 80.1 Å². The van der Waals surface area contributed by atoms with Gasteiger partial charge in [0, 0.05) is 7.11 Å². The van der Waals surface area contributed by atoms with E-state index in [0.717, 1.165) is 0 Å². The number of nitrogens with zero attached hydrogens (tertiary/aromatic N) is 2. The van der Waals surface area contributed by atoms with Crippen molar-refractivity contribution in [3.8, 4) is 0 Å². The fourth-order valence-corrected chi connectivity index (χ4v) is 0.784. The molecule has 1 aromatic rings. The van der Waals surface area contributed by atoms with Gasteiger partial charge in [0.1, 0.15) is 11.8 Å². The molecule has 0 atom stereocenters. The van der Waals surface area contributed by atoms with E-state index in [1.165, 1.54) is 19.5 Å². The van der Waals surface area contributed by atoms with Gasteiger partial charge in [-0.15, -0.1) is 0 Å². The third-order valence-corrected chi connectivity index (χ3v) is 1.36. The van der Waals surface area contributed by atoms with Crippen LogP contribution in [0.15, 0.2) is 12.4 Å². The highest BCUT2D eigenvalue weighted by Gasteiger charge is 2.01. The van der Waals surface area contributed by atoms with Crippen molar-refractivity contribution in [2.24, 2.45) is 0 Å². The van der Waals surface area contributed by atoms with Crippen molar-refractivity contribution in [3.63, 3.8) is 0 Å². The maximum atomic E-state index is 11.0. The molecule has 5 nitrogen and oxygen atoms in total. The maximum Gasteiger partial charge on any atom is 0.251 e. The number of halogens is 1. The van der Waals surface area contributed by atoms with Crippen LogP contribution in [-0.4, -0.2) is 29.6 Å². The van der Waals surface area contributed by atoms with E-state index in [4.69, 9.17) is 11.6 Å². The summed E-state index contributed by atoms with van der Waals surface area (Å²) in [5, 5.41) is 2.76. The number of rotatable bonds is 3. The summed E-state index contributed by atoms with van der Waals surface area (Å²) in [4.78, 5) is 18.5. The van der Waals surface area contributed by atoms with Gasteiger partial charge in [-0.2, -0.15) is 0 Å². The maximum absolute atomic E-state index is 11.0. The number of ether oxygens (including phenoxy) is 1. The fourth-order valence-electron chi connectivity index (χ4n) is 0.687. The van der Waals surface area contributed by atoms with E-state index in [1.54, 1.807) is 0 Å². The molecule has 1 heterocycles. The van der Waals surface area contributed by atoms with Crippen molar-refractivity contribution < 1.29 is 9.53 Å². The molecule has 0 aromatic carbocycles. The van der Waals surface area contributed by atoms with Crippen molar-refractivity contribution in [1.29, 1.82) is 0 Å². The van der Waals surface area contributed by atoms with E-state index in [1.807, 2.05) is 0 Å². The van der Waals surface area contributed by atoms with Gasteiger partial charge in [-0.1, -0.05) is 11.6 Å². The SMILES string of the molecule is COCC(=O)Nc1cnc(Cl)cn1. The Morgan fingerprint density at radius 3 is 2.92 bits per heavy atom. The van der Waals surface area contributed by atoms with Gasteiger partial charge in [0.05, 0.1) is 12.4 Å². The first-order valence-electron chi connectivity index (χ1n) is 3.48. The van der Waals surface area contributed by atoms with E-state index in [-0.39, 0.29) is 17.7 Å². The van der Waals surface area contributed by atoms with Crippen molar-refractivity contribution in [2.75, 3.05) is 19.0 Å². The molecule has 0 bridgehead atoms. The van der Waals surface area contributed by atoms with E-state index in [0.29, 0.717) is 5.82 Å². The van der Waals surface area contributed by atoms with E-state index in [9.17, 15) is 4.79 Å². The zero-order valence-corrected chi connectivity index (χ0v) is 7.71. The van der Waals surface area contributed by atoms with Crippen LogP contribution in [-0.2, 0) is 9.53 Å². The van der Waals surface area contributed by atoms with Gasteiger partial charge in [-0.05, 0) is 0 Å². The largest absolute Gasteiger partial charge is 0.375 e. The predicted octanol–water partition coefficient (Wildman–Crippen LogP) is 0.715. The molecule has 1 aromatic heterocycles. The molecule has 0 saturated heterocycles. The third-order valence-electron chi connectivity index (χ3n) is 1.16. The number of amides is 1. The average Bonchev–Trinajstić information content (AvgIpc) is 2.09. The number of aromatic nitrogens is 2. The van der Waals surface area contributed by atoms with Gasteiger partial charge in [0.25, 0.3) is 5.91 Å². The van der Waals surface area contributed by atoms with Crippen molar-refractivity contribution in [1.82, 2.24) is 9.97 Å². The Bertz CT molecular complexity index is 288. The summed E-state index contributed by atoms with van der Waals surface area (Å²) >= 11 is 5.50. The minimum atomic E-state index is -0.279. The van der Waals surface area contributed by atoms with Crippen LogP contribution in [0, 0.1) is 0 Å². The molecular weight excluding hydrogens is 194 g/mol. The van der Waals surface area contributed by atoms with Crippen LogP contribution < -0.4 is 5.32 Å².